The molecule has 2 rings (SSSR count). The lowest BCUT2D eigenvalue weighted by molar-refractivity contribution is -0.135. The van der Waals surface area contributed by atoms with Crippen molar-refractivity contribution in [1.82, 2.24) is 0 Å². The van der Waals surface area contributed by atoms with Crippen LogP contribution in [0.5, 0.6) is 0 Å². The number of hydrogen-bond acceptors (Lipinski definition) is 4. The summed E-state index contributed by atoms with van der Waals surface area (Å²) in [4.78, 5) is 0. The van der Waals surface area contributed by atoms with Crippen LogP contribution in [0.2, 0.25) is 0 Å². The van der Waals surface area contributed by atoms with Crippen LogP contribution >= 0.6 is 11.8 Å². The van der Waals surface area contributed by atoms with Gasteiger partial charge in [-0.25, -0.2) is 0 Å². The van der Waals surface area contributed by atoms with Crippen molar-refractivity contribution in [2.45, 2.75) is 45.0 Å². The van der Waals surface area contributed by atoms with Crippen LogP contribution in [0.1, 0.15) is 33.1 Å². The Morgan fingerprint density at radius 1 is 1.24 bits per heavy atom. The van der Waals surface area contributed by atoms with Crippen molar-refractivity contribution in [1.29, 1.82) is 0 Å². The zero-order valence-corrected chi connectivity index (χ0v) is 11.7. The maximum Gasteiger partial charge on any atom is 0.163 e. The smallest absolute Gasteiger partial charge is 0.163 e. The lowest BCUT2D eigenvalue weighted by atomic mass is 10.1. The number of aliphatic hydroxyl groups excluding tert-OH is 1. The number of hydrogen-bond donors (Lipinski definition) is 1. The Balaban J connectivity index is 1.58. The van der Waals surface area contributed by atoms with E-state index >= 15 is 0 Å². The fourth-order valence-corrected chi connectivity index (χ4v) is 3.91. The predicted molar refractivity (Wildman–Crippen MR) is 70.1 cm³/mol. The quantitative estimate of drug-likeness (QED) is 0.823. The molecule has 4 heteroatoms. The Hall–Kier alpha value is 0.230. The van der Waals surface area contributed by atoms with Crippen molar-refractivity contribution >= 4 is 11.8 Å². The first-order valence-corrected chi connectivity index (χ1v) is 7.75. The summed E-state index contributed by atoms with van der Waals surface area (Å²) in [7, 11) is 0. The standard InChI is InChI=1S/C13H24O3S/c1-13(2)15-7-12(16-13)9-17-8-11-4-3-10(5-11)6-14/h10-12,14H,3-9H2,1-2H3. The lowest BCUT2D eigenvalue weighted by Crippen LogP contribution is -2.22. The molecule has 1 heterocycles. The maximum absolute atomic E-state index is 9.10. The first-order valence-electron chi connectivity index (χ1n) is 6.59. The average molecular weight is 260 g/mol. The Bertz CT molecular complexity index is 245. The minimum absolute atomic E-state index is 0.255. The topological polar surface area (TPSA) is 38.7 Å². The van der Waals surface area contributed by atoms with E-state index in [0.717, 1.165) is 18.3 Å². The molecule has 1 saturated heterocycles. The van der Waals surface area contributed by atoms with Gasteiger partial charge >= 0.3 is 0 Å². The Morgan fingerprint density at radius 3 is 2.59 bits per heavy atom. The van der Waals surface area contributed by atoms with E-state index in [1.54, 1.807) is 0 Å². The number of rotatable bonds is 5. The molecule has 0 radical (unpaired) electrons. The third-order valence-electron chi connectivity index (χ3n) is 3.63. The zero-order chi connectivity index (χ0) is 12.3. The van der Waals surface area contributed by atoms with Gasteiger partial charge in [-0.05, 0) is 50.7 Å². The molecule has 3 atom stereocenters. The van der Waals surface area contributed by atoms with Crippen molar-refractivity contribution in [3.63, 3.8) is 0 Å². The molecule has 1 aliphatic heterocycles. The van der Waals surface area contributed by atoms with Gasteiger partial charge in [0, 0.05) is 12.4 Å². The zero-order valence-electron chi connectivity index (χ0n) is 10.9. The molecule has 0 amide bonds. The predicted octanol–water partition coefficient (Wildman–Crippen LogP) is 2.28. The van der Waals surface area contributed by atoms with Gasteiger partial charge in [0.1, 0.15) is 0 Å². The highest BCUT2D eigenvalue weighted by Gasteiger charge is 2.32. The summed E-state index contributed by atoms with van der Waals surface area (Å²) in [6, 6.07) is 0. The summed E-state index contributed by atoms with van der Waals surface area (Å²) in [5, 5.41) is 9.10. The van der Waals surface area contributed by atoms with Gasteiger partial charge in [-0.1, -0.05) is 0 Å². The summed E-state index contributed by atoms with van der Waals surface area (Å²) in [5.41, 5.74) is 0. The van der Waals surface area contributed by atoms with Crippen LogP contribution in [0.15, 0.2) is 0 Å². The molecule has 1 aliphatic carbocycles. The summed E-state index contributed by atoms with van der Waals surface area (Å²) in [5.74, 6) is 3.21. The van der Waals surface area contributed by atoms with Crippen molar-refractivity contribution in [3.8, 4) is 0 Å². The highest BCUT2D eigenvalue weighted by atomic mass is 32.2. The molecule has 3 unspecified atom stereocenters. The van der Waals surface area contributed by atoms with E-state index in [1.165, 1.54) is 25.0 Å². The van der Waals surface area contributed by atoms with E-state index in [9.17, 15) is 0 Å². The first kappa shape index (κ1) is 13.7. The number of ether oxygens (including phenoxy) is 2. The molecule has 1 saturated carbocycles. The molecule has 0 aromatic heterocycles. The van der Waals surface area contributed by atoms with Crippen LogP contribution < -0.4 is 0 Å². The molecule has 2 fully saturated rings. The van der Waals surface area contributed by atoms with Crippen molar-refractivity contribution in [2.24, 2.45) is 11.8 Å². The minimum Gasteiger partial charge on any atom is -0.396 e. The van der Waals surface area contributed by atoms with Gasteiger partial charge in [0.15, 0.2) is 5.79 Å². The first-order chi connectivity index (χ1) is 8.09. The highest BCUT2D eigenvalue weighted by molar-refractivity contribution is 7.99. The Labute approximate surface area is 108 Å². The van der Waals surface area contributed by atoms with Gasteiger partial charge in [0.25, 0.3) is 0 Å². The van der Waals surface area contributed by atoms with Gasteiger partial charge in [0.2, 0.25) is 0 Å². The molecule has 100 valence electrons. The van der Waals surface area contributed by atoms with Crippen molar-refractivity contribution in [2.75, 3.05) is 24.7 Å². The third-order valence-corrected chi connectivity index (χ3v) is 4.95. The summed E-state index contributed by atoms with van der Waals surface area (Å²) in [6.45, 7) is 5.04. The fourth-order valence-electron chi connectivity index (χ4n) is 2.71. The largest absolute Gasteiger partial charge is 0.396 e. The molecule has 2 aliphatic rings. The molecule has 3 nitrogen and oxygen atoms in total. The molecule has 0 aromatic rings. The molecule has 0 spiro atoms. The number of aliphatic hydroxyl groups is 1. The van der Waals surface area contributed by atoms with E-state index in [-0.39, 0.29) is 11.9 Å². The van der Waals surface area contributed by atoms with Crippen LogP contribution in [0.3, 0.4) is 0 Å². The van der Waals surface area contributed by atoms with Crippen LogP contribution in [0.25, 0.3) is 0 Å². The van der Waals surface area contributed by atoms with Gasteiger partial charge in [-0.15, -0.1) is 0 Å². The van der Waals surface area contributed by atoms with E-state index in [2.05, 4.69) is 0 Å². The Kier molecular flexibility index (Phi) is 4.75. The molecular weight excluding hydrogens is 236 g/mol. The lowest BCUT2D eigenvalue weighted by Gasteiger charge is -2.17. The van der Waals surface area contributed by atoms with E-state index in [1.807, 2.05) is 25.6 Å². The van der Waals surface area contributed by atoms with Crippen molar-refractivity contribution < 1.29 is 14.6 Å². The number of thioether (sulfide) groups is 1. The van der Waals surface area contributed by atoms with Crippen LogP contribution in [0, 0.1) is 11.8 Å². The molecular formula is C13H24O3S. The molecule has 0 bridgehead atoms. The van der Waals surface area contributed by atoms with E-state index in [4.69, 9.17) is 14.6 Å². The molecule has 1 N–H and O–H groups in total. The second-order valence-electron chi connectivity index (χ2n) is 5.72. The van der Waals surface area contributed by atoms with Gasteiger partial charge in [-0.3, -0.25) is 0 Å². The Morgan fingerprint density at radius 2 is 2.00 bits per heavy atom. The molecule has 0 aromatic carbocycles. The second-order valence-corrected chi connectivity index (χ2v) is 6.79. The second kappa shape index (κ2) is 5.91. The van der Waals surface area contributed by atoms with Gasteiger partial charge in [0.05, 0.1) is 12.7 Å². The summed E-state index contributed by atoms with van der Waals surface area (Å²) < 4.78 is 11.3. The molecule has 17 heavy (non-hydrogen) atoms. The SMILES string of the molecule is CC1(C)OCC(CSCC2CCC(CO)C2)O1. The van der Waals surface area contributed by atoms with Crippen LogP contribution in [-0.4, -0.2) is 41.7 Å². The highest BCUT2D eigenvalue weighted by Crippen LogP contribution is 2.33. The van der Waals surface area contributed by atoms with Crippen LogP contribution in [-0.2, 0) is 9.47 Å². The maximum atomic E-state index is 9.10. The van der Waals surface area contributed by atoms with E-state index < -0.39 is 0 Å². The monoisotopic (exact) mass is 260 g/mol. The van der Waals surface area contributed by atoms with Gasteiger partial charge < -0.3 is 14.6 Å². The fraction of sp³-hybridized carbons (Fsp3) is 1.00. The van der Waals surface area contributed by atoms with E-state index in [0.29, 0.717) is 12.5 Å². The third kappa shape index (κ3) is 4.12. The normalized spacial score (nSPS) is 36.5. The van der Waals surface area contributed by atoms with Gasteiger partial charge in [-0.2, -0.15) is 11.8 Å². The minimum atomic E-state index is -0.388. The summed E-state index contributed by atoms with van der Waals surface area (Å²) in [6.07, 6.45) is 3.95. The average Bonchev–Trinajstić information content (AvgIpc) is 2.85. The van der Waals surface area contributed by atoms with Crippen molar-refractivity contribution in [3.05, 3.63) is 0 Å². The van der Waals surface area contributed by atoms with Crippen LogP contribution in [0.4, 0.5) is 0 Å². The summed E-state index contributed by atoms with van der Waals surface area (Å²) >= 11 is 1.97.